The SMILES string of the molecule is COCC(=O)n1nc(-c2cccs2)nc1NCc1ccc(C(C)C)cc1. The number of hydrogen-bond acceptors (Lipinski definition) is 6. The molecule has 0 fully saturated rings. The molecule has 2 aromatic heterocycles. The molecule has 0 radical (unpaired) electrons. The van der Waals surface area contributed by atoms with E-state index in [-0.39, 0.29) is 12.5 Å². The van der Waals surface area contributed by atoms with Crippen molar-refractivity contribution in [3.63, 3.8) is 0 Å². The van der Waals surface area contributed by atoms with Crippen LogP contribution in [0.5, 0.6) is 0 Å². The number of nitrogens with one attached hydrogen (secondary N) is 1. The van der Waals surface area contributed by atoms with E-state index in [1.54, 1.807) is 0 Å². The van der Waals surface area contributed by atoms with Crippen LogP contribution < -0.4 is 5.32 Å². The van der Waals surface area contributed by atoms with Crippen LogP contribution in [0.4, 0.5) is 5.95 Å². The van der Waals surface area contributed by atoms with Crippen molar-refractivity contribution in [2.45, 2.75) is 26.3 Å². The minimum absolute atomic E-state index is 0.0506. The van der Waals surface area contributed by atoms with E-state index in [2.05, 4.69) is 53.5 Å². The Hall–Kier alpha value is -2.51. The van der Waals surface area contributed by atoms with Crippen molar-refractivity contribution in [1.82, 2.24) is 14.8 Å². The maximum atomic E-state index is 12.3. The van der Waals surface area contributed by atoms with Crippen LogP contribution >= 0.6 is 11.3 Å². The fourth-order valence-corrected chi connectivity index (χ4v) is 3.15. The third-order valence-electron chi connectivity index (χ3n) is 3.95. The third-order valence-corrected chi connectivity index (χ3v) is 4.82. The van der Waals surface area contributed by atoms with Gasteiger partial charge in [-0.3, -0.25) is 4.79 Å². The van der Waals surface area contributed by atoms with E-state index >= 15 is 0 Å². The van der Waals surface area contributed by atoms with Crippen LogP contribution in [0.15, 0.2) is 41.8 Å². The molecular weight excluding hydrogens is 348 g/mol. The smallest absolute Gasteiger partial charge is 0.276 e. The van der Waals surface area contributed by atoms with Gasteiger partial charge in [-0.25, -0.2) is 0 Å². The Morgan fingerprint density at radius 3 is 2.65 bits per heavy atom. The minimum Gasteiger partial charge on any atom is -0.375 e. The fourth-order valence-electron chi connectivity index (χ4n) is 2.50. The summed E-state index contributed by atoms with van der Waals surface area (Å²) in [6.45, 7) is 4.85. The molecule has 0 aliphatic rings. The van der Waals surface area contributed by atoms with Gasteiger partial charge >= 0.3 is 0 Å². The summed E-state index contributed by atoms with van der Waals surface area (Å²) in [6.07, 6.45) is 0. The van der Waals surface area contributed by atoms with E-state index in [9.17, 15) is 4.79 Å². The lowest BCUT2D eigenvalue weighted by atomic mass is 10.0. The lowest BCUT2D eigenvalue weighted by Gasteiger charge is -2.09. The monoisotopic (exact) mass is 370 g/mol. The molecule has 136 valence electrons. The van der Waals surface area contributed by atoms with E-state index in [1.165, 1.54) is 28.7 Å². The van der Waals surface area contributed by atoms with E-state index in [1.807, 2.05) is 17.5 Å². The van der Waals surface area contributed by atoms with Gasteiger partial charge in [0.1, 0.15) is 6.61 Å². The number of nitrogens with zero attached hydrogens (tertiary/aromatic N) is 3. The lowest BCUT2D eigenvalue weighted by molar-refractivity contribution is 0.0748. The molecule has 0 saturated carbocycles. The van der Waals surface area contributed by atoms with Crippen molar-refractivity contribution in [3.8, 4) is 10.7 Å². The summed E-state index contributed by atoms with van der Waals surface area (Å²) in [7, 11) is 1.48. The van der Waals surface area contributed by atoms with Crippen LogP contribution in [0.3, 0.4) is 0 Å². The second-order valence-corrected chi connectivity index (χ2v) is 7.17. The maximum Gasteiger partial charge on any atom is 0.276 e. The quantitative estimate of drug-likeness (QED) is 0.680. The lowest BCUT2D eigenvalue weighted by Crippen LogP contribution is -2.20. The molecule has 7 heteroatoms. The van der Waals surface area contributed by atoms with E-state index in [4.69, 9.17) is 4.74 Å². The standard InChI is InChI=1S/C19H22N4O2S/c1-13(2)15-8-6-14(7-9-15)11-20-19-21-18(16-5-4-10-26-16)22-23(19)17(24)12-25-3/h4-10,13H,11-12H2,1-3H3,(H,20,21,22). The molecular formula is C19H22N4O2S. The molecule has 1 aromatic carbocycles. The first-order chi connectivity index (χ1) is 12.6. The number of benzene rings is 1. The average molecular weight is 370 g/mol. The zero-order valence-corrected chi connectivity index (χ0v) is 15.9. The Morgan fingerprint density at radius 2 is 2.04 bits per heavy atom. The van der Waals surface area contributed by atoms with Gasteiger partial charge in [0.15, 0.2) is 5.82 Å². The van der Waals surface area contributed by atoms with E-state index in [0.29, 0.717) is 24.2 Å². The Labute approximate surface area is 156 Å². The molecule has 3 aromatic rings. The molecule has 1 N–H and O–H groups in total. The number of aromatic nitrogens is 3. The van der Waals surface area contributed by atoms with Gasteiger partial charge in [-0.2, -0.15) is 9.67 Å². The second-order valence-electron chi connectivity index (χ2n) is 6.22. The highest BCUT2D eigenvalue weighted by atomic mass is 32.1. The van der Waals surface area contributed by atoms with Crippen LogP contribution in [-0.4, -0.2) is 34.4 Å². The molecule has 0 unspecified atom stereocenters. The minimum atomic E-state index is -0.263. The normalized spacial score (nSPS) is 11.1. The Bertz CT molecular complexity index is 854. The molecule has 0 aliphatic heterocycles. The number of thiophene rings is 1. The third kappa shape index (κ3) is 4.17. The summed E-state index contributed by atoms with van der Waals surface area (Å²) in [4.78, 5) is 17.7. The second kappa shape index (κ2) is 8.25. The highest BCUT2D eigenvalue weighted by Crippen LogP contribution is 2.23. The van der Waals surface area contributed by atoms with Gasteiger partial charge in [-0.05, 0) is 28.5 Å². The molecule has 0 aliphatic carbocycles. The summed E-state index contributed by atoms with van der Waals surface area (Å²) >= 11 is 1.53. The molecule has 3 rings (SSSR count). The number of rotatable bonds is 7. The van der Waals surface area contributed by atoms with Crippen molar-refractivity contribution in [1.29, 1.82) is 0 Å². The topological polar surface area (TPSA) is 69.0 Å². The highest BCUT2D eigenvalue weighted by Gasteiger charge is 2.17. The van der Waals surface area contributed by atoms with Gasteiger partial charge < -0.3 is 10.1 Å². The van der Waals surface area contributed by atoms with E-state index < -0.39 is 0 Å². The Morgan fingerprint density at radius 1 is 1.27 bits per heavy atom. The van der Waals surface area contributed by atoms with Crippen molar-refractivity contribution in [2.24, 2.45) is 0 Å². The van der Waals surface area contributed by atoms with Crippen molar-refractivity contribution >= 4 is 23.2 Å². The van der Waals surface area contributed by atoms with Crippen LogP contribution in [0.25, 0.3) is 10.7 Å². The predicted molar refractivity (Wildman–Crippen MR) is 104 cm³/mol. The van der Waals surface area contributed by atoms with Crippen LogP contribution in [0.1, 0.15) is 35.7 Å². The van der Waals surface area contributed by atoms with Gasteiger partial charge in [0.25, 0.3) is 5.91 Å². The molecule has 6 nitrogen and oxygen atoms in total. The van der Waals surface area contributed by atoms with Crippen LogP contribution in [0, 0.1) is 0 Å². The summed E-state index contributed by atoms with van der Waals surface area (Å²) in [5, 5.41) is 9.52. The first-order valence-electron chi connectivity index (χ1n) is 8.44. The molecule has 26 heavy (non-hydrogen) atoms. The molecule has 0 spiro atoms. The fraction of sp³-hybridized carbons (Fsp3) is 0.316. The Balaban J connectivity index is 1.80. The zero-order valence-electron chi connectivity index (χ0n) is 15.1. The van der Waals surface area contributed by atoms with Crippen LogP contribution in [-0.2, 0) is 11.3 Å². The average Bonchev–Trinajstić information content (AvgIpc) is 3.30. The summed E-state index contributed by atoms with van der Waals surface area (Å²) in [5.41, 5.74) is 2.41. The first-order valence-corrected chi connectivity index (χ1v) is 9.32. The Kier molecular flexibility index (Phi) is 5.80. The molecule has 0 amide bonds. The van der Waals surface area contributed by atoms with Gasteiger partial charge in [0.2, 0.25) is 5.95 Å². The number of methoxy groups -OCH3 is 1. The highest BCUT2D eigenvalue weighted by molar-refractivity contribution is 7.13. The zero-order chi connectivity index (χ0) is 18.5. The molecule has 0 atom stereocenters. The number of carbonyl (C=O) groups is 1. The number of hydrogen-bond donors (Lipinski definition) is 1. The van der Waals surface area contributed by atoms with Gasteiger partial charge in [0.05, 0.1) is 4.88 Å². The summed E-state index contributed by atoms with van der Waals surface area (Å²) in [6, 6.07) is 12.3. The number of anilines is 1. The predicted octanol–water partition coefficient (Wildman–Crippen LogP) is 4.03. The maximum absolute atomic E-state index is 12.3. The number of ether oxygens (including phenoxy) is 1. The molecule has 0 saturated heterocycles. The van der Waals surface area contributed by atoms with Gasteiger partial charge in [-0.1, -0.05) is 44.2 Å². The molecule has 0 bridgehead atoms. The van der Waals surface area contributed by atoms with Crippen molar-refractivity contribution in [3.05, 3.63) is 52.9 Å². The molecule has 2 heterocycles. The first kappa shape index (κ1) is 18.3. The number of carbonyl (C=O) groups excluding carboxylic acids is 1. The van der Waals surface area contributed by atoms with Gasteiger partial charge in [0, 0.05) is 13.7 Å². The largest absolute Gasteiger partial charge is 0.375 e. The van der Waals surface area contributed by atoms with Crippen molar-refractivity contribution < 1.29 is 9.53 Å². The van der Waals surface area contributed by atoms with Crippen molar-refractivity contribution in [2.75, 3.05) is 19.0 Å². The van der Waals surface area contributed by atoms with Crippen LogP contribution in [0.2, 0.25) is 0 Å². The summed E-state index contributed by atoms with van der Waals surface area (Å²) < 4.78 is 6.23. The van der Waals surface area contributed by atoms with Gasteiger partial charge in [-0.15, -0.1) is 16.4 Å². The summed E-state index contributed by atoms with van der Waals surface area (Å²) in [5.74, 6) is 1.19. The van der Waals surface area contributed by atoms with E-state index in [0.717, 1.165) is 10.4 Å².